The van der Waals surface area contributed by atoms with Crippen LogP contribution in [0.1, 0.15) is 18.2 Å². The molecule has 0 radical (unpaired) electrons. The van der Waals surface area contributed by atoms with Crippen LogP contribution in [0.5, 0.6) is 11.5 Å². The van der Waals surface area contributed by atoms with Crippen molar-refractivity contribution in [3.8, 4) is 22.3 Å². The van der Waals surface area contributed by atoms with Gasteiger partial charge in [-0.25, -0.2) is 9.78 Å². The molecule has 29 heavy (non-hydrogen) atoms. The summed E-state index contributed by atoms with van der Waals surface area (Å²) in [5, 5.41) is 4.74. The number of oxazole rings is 1. The molecular weight excluding hydrogens is 394 g/mol. The second-order valence-electron chi connectivity index (χ2n) is 7.14. The van der Waals surface area contributed by atoms with E-state index < -0.39 is 11.6 Å². The van der Waals surface area contributed by atoms with Gasteiger partial charge in [0.05, 0.1) is 17.1 Å². The molecule has 1 N–H and O–H groups in total. The van der Waals surface area contributed by atoms with Crippen LogP contribution in [-0.4, -0.2) is 34.2 Å². The fraction of sp³-hybridized carbons (Fsp3) is 0.250. The van der Waals surface area contributed by atoms with E-state index in [9.17, 15) is 9.59 Å². The number of rotatable bonds is 5. The maximum Gasteiger partial charge on any atom is 0.325 e. The van der Waals surface area contributed by atoms with Gasteiger partial charge in [0, 0.05) is 6.42 Å². The van der Waals surface area contributed by atoms with Crippen molar-refractivity contribution in [2.24, 2.45) is 0 Å². The number of ether oxygens (including phenoxy) is 2. The van der Waals surface area contributed by atoms with Crippen molar-refractivity contribution in [1.29, 1.82) is 0 Å². The lowest BCUT2D eigenvalue weighted by Gasteiger charge is -2.21. The van der Waals surface area contributed by atoms with Crippen LogP contribution >= 0.6 is 11.3 Å². The first kappa shape index (κ1) is 17.7. The predicted octanol–water partition coefficient (Wildman–Crippen LogP) is 3.19. The molecule has 148 valence electrons. The number of nitrogens with one attached hydrogen (secondary N) is 1. The SMILES string of the molecule is CC1(Cc2ccc3c(c2)OCO3)NC(=O)N(Cc2coc(-c3cccs3)n2)C1=O. The summed E-state index contributed by atoms with van der Waals surface area (Å²) in [6.07, 6.45) is 1.81. The Balaban J connectivity index is 1.33. The van der Waals surface area contributed by atoms with Gasteiger partial charge in [-0.3, -0.25) is 9.69 Å². The smallest absolute Gasteiger partial charge is 0.325 e. The fourth-order valence-electron chi connectivity index (χ4n) is 3.52. The van der Waals surface area contributed by atoms with Crippen LogP contribution in [0.2, 0.25) is 0 Å². The maximum atomic E-state index is 13.0. The first-order valence-corrected chi connectivity index (χ1v) is 9.91. The molecule has 1 saturated heterocycles. The lowest BCUT2D eigenvalue weighted by atomic mass is 9.92. The number of thiophene rings is 1. The van der Waals surface area contributed by atoms with E-state index in [1.165, 1.54) is 22.5 Å². The van der Waals surface area contributed by atoms with Gasteiger partial charge in [-0.15, -0.1) is 11.3 Å². The zero-order valence-electron chi connectivity index (χ0n) is 15.5. The number of carbonyl (C=O) groups is 2. The van der Waals surface area contributed by atoms with Gasteiger partial charge in [-0.05, 0) is 36.1 Å². The molecule has 2 aliphatic heterocycles. The number of fused-ring (bicyclic) bond motifs is 1. The molecule has 0 bridgehead atoms. The molecule has 5 rings (SSSR count). The third kappa shape index (κ3) is 3.13. The average Bonchev–Trinajstić information content (AvgIpc) is 3.47. The summed E-state index contributed by atoms with van der Waals surface area (Å²) in [7, 11) is 0. The topological polar surface area (TPSA) is 93.9 Å². The van der Waals surface area contributed by atoms with E-state index in [1.807, 2.05) is 35.7 Å². The van der Waals surface area contributed by atoms with Crippen molar-refractivity contribution in [3.05, 3.63) is 53.2 Å². The van der Waals surface area contributed by atoms with Gasteiger partial charge in [0.1, 0.15) is 11.8 Å². The van der Waals surface area contributed by atoms with Gasteiger partial charge in [-0.1, -0.05) is 12.1 Å². The van der Waals surface area contributed by atoms with Crippen molar-refractivity contribution in [2.45, 2.75) is 25.4 Å². The number of urea groups is 1. The van der Waals surface area contributed by atoms with Crippen LogP contribution in [0.4, 0.5) is 4.79 Å². The fourth-order valence-corrected chi connectivity index (χ4v) is 4.18. The van der Waals surface area contributed by atoms with Crippen LogP contribution in [0.15, 0.2) is 46.4 Å². The van der Waals surface area contributed by atoms with Crippen molar-refractivity contribution < 1.29 is 23.5 Å². The molecule has 0 aliphatic carbocycles. The number of hydrogen-bond donors (Lipinski definition) is 1. The molecule has 0 spiro atoms. The Labute approximate surface area is 170 Å². The van der Waals surface area contributed by atoms with Crippen LogP contribution in [0.25, 0.3) is 10.8 Å². The highest BCUT2D eigenvalue weighted by Crippen LogP contribution is 2.34. The normalized spacial score (nSPS) is 20.4. The highest BCUT2D eigenvalue weighted by Gasteiger charge is 2.48. The number of aromatic nitrogens is 1. The molecular formula is C20H17N3O5S. The van der Waals surface area contributed by atoms with E-state index in [2.05, 4.69) is 10.3 Å². The summed E-state index contributed by atoms with van der Waals surface area (Å²) in [6.45, 7) is 1.96. The molecule has 1 unspecified atom stereocenters. The Kier molecular flexibility index (Phi) is 4.06. The van der Waals surface area contributed by atoms with E-state index >= 15 is 0 Å². The molecule has 9 heteroatoms. The Bertz CT molecular complexity index is 1090. The van der Waals surface area contributed by atoms with E-state index in [-0.39, 0.29) is 19.2 Å². The lowest BCUT2D eigenvalue weighted by molar-refractivity contribution is -0.131. The quantitative estimate of drug-likeness (QED) is 0.648. The van der Waals surface area contributed by atoms with Crippen LogP contribution in [-0.2, 0) is 17.8 Å². The zero-order valence-corrected chi connectivity index (χ0v) is 16.3. The minimum absolute atomic E-state index is 0.0519. The first-order valence-electron chi connectivity index (χ1n) is 9.03. The summed E-state index contributed by atoms with van der Waals surface area (Å²) >= 11 is 1.51. The first-order chi connectivity index (χ1) is 14.0. The summed E-state index contributed by atoms with van der Waals surface area (Å²) < 4.78 is 16.2. The summed E-state index contributed by atoms with van der Waals surface area (Å²) in [4.78, 5) is 32.0. The molecule has 1 fully saturated rings. The van der Waals surface area contributed by atoms with Crippen molar-refractivity contribution in [3.63, 3.8) is 0 Å². The van der Waals surface area contributed by atoms with Gasteiger partial charge in [-0.2, -0.15) is 0 Å². The standard InChI is InChI=1S/C20H17N3O5S/c1-20(8-12-4-5-14-15(7-12)28-11-27-14)18(24)23(19(25)22-20)9-13-10-26-17(21-13)16-3-2-6-29-16/h2-7,10H,8-9,11H2,1H3,(H,22,25). The second-order valence-corrected chi connectivity index (χ2v) is 8.09. The highest BCUT2D eigenvalue weighted by atomic mass is 32.1. The molecule has 2 aliphatic rings. The second kappa shape index (κ2) is 6.63. The van der Waals surface area contributed by atoms with Gasteiger partial charge in [0.15, 0.2) is 11.5 Å². The Morgan fingerprint density at radius 1 is 1.24 bits per heavy atom. The molecule has 1 atom stereocenters. The maximum absolute atomic E-state index is 13.0. The van der Waals surface area contributed by atoms with Gasteiger partial charge >= 0.3 is 6.03 Å². The number of hydrogen-bond acceptors (Lipinski definition) is 7. The Morgan fingerprint density at radius 3 is 2.93 bits per heavy atom. The third-order valence-electron chi connectivity index (χ3n) is 4.94. The number of imide groups is 1. The Hall–Kier alpha value is -3.33. The third-order valence-corrected chi connectivity index (χ3v) is 5.80. The summed E-state index contributed by atoms with van der Waals surface area (Å²) in [5.41, 5.74) is 0.336. The molecule has 3 amide bonds. The minimum Gasteiger partial charge on any atom is -0.454 e. The molecule has 1 aromatic carbocycles. The van der Waals surface area contributed by atoms with Gasteiger partial charge in [0.2, 0.25) is 12.7 Å². The molecule has 4 heterocycles. The molecule has 2 aromatic heterocycles. The Morgan fingerprint density at radius 2 is 2.10 bits per heavy atom. The monoisotopic (exact) mass is 411 g/mol. The van der Waals surface area contributed by atoms with Crippen LogP contribution in [0.3, 0.4) is 0 Å². The van der Waals surface area contributed by atoms with Crippen molar-refractivity contribution in [1.82, 2.24) is 15.2 Å². The van der Waals surface area contributed by atoms with Crippen molar-refractivity contribution >= 4 is 23.3 Å². The number of carbonyl (C=O) groups excluding carboxylic acids is 2. The van der Waals surface area contributed by atoms with E-state index in [1.54, 1.807) is 6.92 Å². The number of benzene rings is 1. The summed E-state index contributed by atoms with van der Waals surface area (Å²) in [6, 6.07) is 8.87. The highest BCUT2D eigenvalue weighted by molar-refractivity contribution is 7.13. The van der Waals surface area contributed by atoms with E-state index in [4.69, 9.17) is 13.9 Å². The molecule has 8 nitrogen and oxygen atoms in total. The van der Waals surface area contributed by atoms with Gasteiger partial charge in [0.25, 0.3) is 5.91 Å². The van der Waals surface area contributed by atoms with E-state index in [0.29, 0.717) is 29.5 Å². The summed E-state index contributed by atoms with van der Waals surface area (Å²) in [5.74, 6) is 1.49. The predicted molar refractivity (Wildman–Crippen MR) is 104 cm³/mol. The number of nitrogens with zero attached hydrogens (tertiary/aromatic N) is 2. The van der Waals surface area contributed by atoms with Gasteiger partial charge < -0.3 is 19.2 Å². The molecule has 0 saturated carbocycles. The minimum atomic E-state index is -1.05. The average molecular weight is 411 g/mol. The molecule has 3 aromatic rings. The lowest BCUT2D eigenvalue weighted by Crippen LogP contribution is -2.45. The zero-order chi connectivity index (χ0) is 20.0. The van der Waals surface area contributed by atoms with Crippen LogP contribution in [0, 0.1) is 0 Å². The largest absolute Gasteiger partial charge is 0.454 e. The van der Waals surface area contributed by atoms with Crippen molar-refractivity contribution in [2.75, 3.05) is 6.79 Å². The number of amides is 3. The van der Waals surface area contributed by atoms with Crippen LogP contribution < -0.4 is 14.8 Å². The van der Waals surface area contributed by atoms with E-state index in [0.717, 1.165) is 10.4 Å².